The van der Waals surface area contributed by atoms with Crippen molar-refractivity contribution in [3.8, 4) is 0 Å². The molecule has 1 N–H and O–H groups in total. The number of hydrogen-bond donors (Lipinski definition) is 1. The maximum absolute atomic E-state index is 11.8. The minimum absolute atomic E-state index is 0.0304. The average Bonchev–Trinajstić information content (AvgIpc) is 2.47. The van der Waals surface area contributed by atoms with Crippen LogP contribution in [-0.2, 0) is 14.3 Å². The standard InChI is InChI=1S/C15H19NO3/c1-18-14-9-10-19-11-13(14)16-15(17)8-7-12-5-3-2-4-6-12/h2-8,13-14H,9-11H2,1H3,(H,16,17)/t13-,14-/m1/s1. The molecule has 4 heteroatoms. The van der Waals surface area contributed by atoms with Crippen LogP contribution in [0.2, 0.25) is 0 Å². The van der Waals surface area contributed by atoms with E-state index in [1.54, 1.807) is 13.2 Å². The third kappa shape index (κ3) is 4.19. The highest BCUT2D eigenvalue weighted by Gasteiger charge is 2.26. The molecule has 0 saturated carbocycles. The zero-order valence-corrected chi connectivity index (χ0v) is 11.0. The smallest absolute Gasteiger partial charge is 0.244 e. The molecule has 2 atom stereocenters. The van der Waals surface area contributed by atoms with Crippen LogP contribution in [0.3, 0.4) is 0 Å². The molecule has 1 aliphatic heterocycles. The minimum Gasteiger partial charge on any atom is -0.379 e. The first-order valence-corrected chi connectivity index (χ1v) is 6.44. The second kappa shape index (κ2) is 7.07. The van der Waals surface area contributed by atoms with Crippen LogP contribution in [0.5, 0.6) is 0 Å². The van der Waals surface area contributed by atoms with E-state index in [1.807, 2.05) is 30.3 Å². The van der Waals surface area contributed by atoms with E-state index in [9.17, 15) is 4.79 Å². The molecule has 1 aliphatic rings. The van der Waals surface area contributed by atoms with Gasteiger partial charge in [-0.3, -0.25) is 4.79 Å². The largest absolute Gasteiger partial charge is 0.379 e. The van der Waals surface area contributed by atoms with Crippen molar-refractivity contribution in [1.82, 2.24) is 5.32 Å². The minimum atomic E-state index is -0.124. The number of hydrogen-bond acceptors (Lipinski definition) is 3. The van der Waals surface area contributed by atoms with Crippen LogP contribution in [0.25, 0.3) is 6.08 Å². The molecule has 1 aromatic carbocycles. The van der Waals surface area contributed by atoms with Crippen molar-refractivity contribution < 1.29 is 14.3 Å². The fraction of sp³-hybridized carbons (Fsp3) is 0.400. The predicted octanol–water partition coefficient (Wildman–Crippen LogP) is 1.62. The summed E-state index contributed by atoms with van der Waals surface area (Å²) in [5, 5.41) is 2.91. The van der Waals surface area contributed by atoms with E-state index in [2.05, 4.69) is 5.32 Å². The molecular weight excluding hydrogens is 242 g/mol. The number of benzene rings is 1. The summed E-state index contributed by atoms with van der Waals surface area (Å²) in [6.07, 6.45) is 4.17. The summed E-state index contributed by atoms with van der Waals surface area (Å²) in [6, 6.07) is 9.64. The van der Waals surface area contributed by atoms with Crippen molar-refractivity contribution in [2.45, 2.75) is 18.6 Å². The highest BCUT2D eigenvalue weighted by atomic mass is 16.5. The van der Waals surface area contributed by atoms with E-state index in [0.29, 0.717) is 13.2 Å². The number of carbonyl (C=O) groups excluding carboxylic acids is 1. The van der Waals surface area contributed by atoms with Gasteiger partial charge in [0.15, 0.2) is 0 Å². The molecule has 1 saturated heterocycles. The van der Waals surface area contributed by atoms with Crippen molar-refractivity contribution in [2.75, 3.05) is 20.3 Å². The summed E-state index contributed by atoms with van der Waals surface area (Å²) >= 11 is 0. The molecular formula is C15H19NO3. The third-order valence-corrected chi connectivity index (χ3v) is 3.15. The molecule has 0 aliphatic carbocycles. The average molecular weight is 261 g/mol. The Balaban J connectivity index is 1.88. The van der Waals surface area contributed by atoms with Crippen molar-refractivity contribution in [1.29, 1.82) is 0 Å². The van der Waals surface area contributed by atoms with E-state index in [1.165, 1.54) is 6.08 Å². The monoisotopic (exact) mass is 261 g/mol. The van der Waals surface area contributed by atoms with Gasteiger partial charge < -0.3 is 14.8 Å². The zero-order chi connectivity index (χ0) is 13.5. The Kier molecular flexibility index (Phi) is 5.12. The quantitative estimate of drug-likeness (QED) is 0.838. The fourth-order valence-corrected chi connectivity index (χ4v) is 2.10. The third-order valence-electron chi connectivity index (χ3n) is 3.15. The summed E-state index contributed by atoms with van der Waals surface area (Å²) in [7, 11) is 1.66. The van der Waals surface area contributed by atoms with Gasteiger partial charge in [0.25, 0.3) is 0 Å². The van der Waals surface area contributed by atoms with Gasteiger partial charge in [0.05, 0.1) is 18.8 Å². The van der Waals surface area contributed by atoms with E-state index < -0.39 is 0 Å². The second-order valence-corrected chi connectivity index (χ2v) is 4.50. The molecule has 102 valence electrons. The highest BCUT2D eigenvalue weighted by Crippen LogP contribution is 2.11. The van der Waals surface area contributed by atoms with Gasteiger partial charge in [-0.05, 0) is 18.1 Å². The predicted molar refractivity (Wildman–Crippen MR) is 73.6 cm³/mol. The van der Waals surface area contributed by atoms with Crippen LogP contribution in [0.1, 0.15) is 12.0 Å². The fourth-order valence-electron chi connectivity index (χ4n) is 2.10. The van der Waals surface area contributed by atoms with Crippen molar-refractivity contribution in [3.63, 3.8) is 0 Å². The maximum Gasteiger partial charge on any atom is 0.244 e. The molecule has 1 fully saturated rings. The van der Waals surface area contributed by atoms with E-state index >= 15 is 0 Å². The zero-order valence-electron chi connectivity index (χ0n) is 11.0. The number of rotatable bonds is 4. The Bertz CT molecular complexity index is 430. The van der Waals surface area contributed by atoms with Gasteiger partial charge in [0.1, 0.15) is 0 Å². The Labute approximate surface area is 113 Å². The lowest BCUT2D eigenvalue weighted by Crippen LogP contribution is -2.49. The molecule has 0 radical (unpaired) electrons. The van der Waals surface area contributed by atoms with E-state index in [0.717, 1.165) is 12.0 Å². The Morgan fingerprint density at radius 1 is 1.42 bits per heavy atom. The van der Waals surface area contributed by atoms with Gasteiger partial charge in [0.2, 0.25) is 5.91 Å². The lowest BCUT2D eigenvalue weighted by molar-refractivity contribution is -0.120. The Morgan fingerprint density at radius 2 is 2.21 bits per heavy atom. The SMILES string of the molecule is CO[C@@H]1CCOC[C@H]1NC(=O)C=Cc1ccccc1. The lowest BCUT2D eigenvalue weighted by atomic mass is 10.1. The summed E-state index contributed by atoms with van der Waals surface area (Å²) in [5.74, 6) is -0.124. The van der Waals surface area contributed by atoms with Gasteiger partial charge in [-0.15, -0.1) is 0 Å². The normalized spacial score (nSPS) is 23.4. The first-order valence-electron chi connectivity index (χ1n) is 6.44. The van der Waals surface area contributed by atoms with Crippen LogP contribution >= 0.6 is 0 Å². The van der Waals surface area contributed by atoms with Crippen LogP contribution in [-0.4, -0.2) is 38.4 Å². The summed E-state index contributed by atoms with van der Waals surface area (Å²) in [5.41, 5.74) is 1.00. The molecule has 4 nitrogen and oxygen atoms in total. The Morgan fingerprint density at radius 3 is 2.95 bits per heavy atom. The number of ether oxygens (including phenoxy) is 2. The topological polar surface area (TPSA) is 47.6 Å². The van der Waals surface area contributed by atoms with Gasteiger partial charge >= 0.3 is 0 Å². The van der Waals surface area contributed by atoms with Gasteiger partial charge in [-0.25, -0.2) is 0 Å². The van der Waals surface area contributed by atoms with Crippen LogP contribution in [0, 0.1) is 0 Å². The van der Waals surface area contributed by atoms with Gasteiger partial charge in [-0.2, -0.15) is 0 Å². The summed E-state index contributed by atoms with van der Waals surface area (Å²) in [6.45, 7) is 1.19. The van der Waals surface area contributed by atoms with Crippen LogP contribution in [0.15, 0.2) is 36.4 Å². The number of amides is 1. The first-order chi connectivity index (χ1) is 9.29. The Hall–Kier alpha value is -1.65. The van der Waals surface area contributed by atoms with Gasteiger partial charge in [0, 0.05) is 19.8 Å². The molecule has 1 heterocycles. The van der Waals surface area contributed by atoms with Crippen molar-refractivity contribution in [3.05, 3.63) is 42.0 Å². The van der Waals surface area contributed by atoms with E-state index in [-0.39, 0.29) is 18.1 Å². The van der Waals surface area contributed by atoms with Gasteiger partial charge in [-0.1, -0.05) is 30.3 Å². The maximum atomic E-state index is 11.8. The molecule has 1 aromatic rings. The molecule has 0 spiro atoms. The van der Waals surface area contributed by atoms with Crippen LogP contribution in [0.4, 0.5) is 0 Å². The first kappa shape index (κ1) is 13.8. The molecule has 2 rings (SSSR count). The van der Waals surface area contributed by atoms with Crippen molar-refractivity contribution >= 4 is 12.0 Å². The summed E-state index contributed by atoms with van der Waals surface area (Å²) in [4.78, 5) is 11.8. The van der Waals surface area contributed by atoms with E-state index in [4.69, 9.17) is 9.47 Å². The summed E-state index contributed by atoms with van der Waals surface area (Å²) < 4.78 is 10.7. The number of carbonyl (C=O) groups is 1. The highest BCUT2D eigenvalue weighted by molar-refractivity contribution is 5.91. The second-order valence-electron chi connectivity index (χ2n) is 4.50. The molecule has 19 heavy (non-hydrogen) atoms. The van der Waals surface area contributed by atoms with Crippen LogP contribution < -0.4 is 5.32 Å². The lowest BCUT2D eigenvalue weighted by Gasteiger charge is -2.30. The number of methoxy groups -OCH3 is 1. The molecule has 0 bridgehead atoms. The molecule has 0 unspecified atom stereocenters. The number of nitrogens with one attached hydrogen (secondary N) is 1. The van der Waals surface area contributed by atoms with Crippen molar-refractivity contribution in [2.24, 2.45) is 0 Å². The molecule has 0 aromatic heterocycles. The molecule has 1 amide bonds.